The second kappa shape index (κ2) is 4.43. The first-order valence-corrected chi connectivity index (χ1v) is 5.56. The Labute approximate surface area is 82.2 Å². The molecule has 2 nitrogen and oxygen atoms in total. The fourth-order valence-corrected chi connectivity index (χ4v) is 1.75. The van der Waals surface area contributed by atoms with Gasteiger partial charge in [-0.15, -0.1) is 0 Å². The third kappa shape index (κ3) is 3.28. The SMILES string of the molecule is CCC(C)(C)C(CCC1CC1)NN. The van der Waals surface area contributed by atoms with Gasteiger partial charge in [-0.1, -0.05) is 33.6 Å². The Morgan fingerprint density at radius 1 is 1.46 bits per heavy atom. The standard InChI is InChI=1S/C11H24N2/c1-4-11(2,3)10(13-12)8-7-9-5-6-9/h9-10,13H,4-8,12H2,1-3H3. The van der Waals surface area contributed by atoms with Crippen molar-refractivity contribution in [1.82, 2.24) is 5.43 Å². The third-order valence-electron chi connectivity index (χ3n) is 3.62. The van der Waals surface area contributed by atoms with Gasteiger partial charge in [0.05, 0.1) is 0 Å². The van der Waals surface area contributed by atoms with Crippen molar-refractivity contribution in [3.63, 3.8) is 0 Å². The zero-order chi connectivity index (χ0) is 9.90. The molecule has 0 bridgehead atoms. The van der Waals surface area contributed by atoms with E-state index in [1.807, 2.05) is 0 Å². The largest absolute Gasteiger partial charge is 0.271 e. The fourth-order valence-electron chi connectivity index (χ4n) is 1.75. The van der Waals surface area contributed by atoms with Gasteiger partial charge in [-0.05, 0) is 30.6 Å². The molecule has 2 heteroatoms. The Balaban J connectivity index is 2.30. The summed E-state index contributed by atoms with van der Waals surface area (Å²) in [5.74, 6) is 6.61. The molecular formula is C11H24N2. The van der Waals surface area contributed by atoms with E-state index in [0.29, 0.717) is 11.5 Å². The highest BCUT2D eigenvalue weighted by Gasteiger charge is 2.29. The van der Waals surface area contributed by atoms with Crippen LogP contribution in [0.25, 0.3) is 0 Å². The Hall–Kier alpha value is -0.0800. The van der Waals surface area contributed by atoms with Crippen LogP contribution in [0.4, 0.5) is 0 Å². The highest BCUT2D eigenvalue weighted by atomic mass is 15.2. The quantitative estimate of drug-likeness (QED) is 0.491. The third-order valence-corrected chi connectivity index (χ3v) is 3.62. The summed E-state index contributed by atoms with van der Waals surface area (Å²) in [5, 5.41) is 0. The molecule has 1 saturated carbocycles. The van der Waals surface area contributed by atoms with Gasteiger partial charge in [0.15, 0.2) is 0 Å². The number of rotatable bonds is 6. The lowest BCUT2D eigenvalue weighted by atomic mass is 9.80. The number of hydrogen-bond donors (Lipinski definition) is 2. The van der Waals surface area contributed by atoms with Crippen LogP contribution in [-0.2, 0) is 0 Å². The first-order chi connectivity index (χ1) is 6.10. The van der Waals surface area contributed by atoms with Crippen LogP contribution in [0.2, 0.25) is 0 Å². The van der Waals surface area contributed by atoms with Crippen molar-refractivity contribution >= 4 is 0 Å². The van der Waals surface area contributed by atoms with Crippen molar-refractivity contribution in [2.45, 2.75) is 58.9 Å². The number of nitrogens with one attached hydrogen (secondary N) is 1. The van der Waals surface area contributed by atoms with Crippen LogP contribution in [0, 0.1) is 11.3 Å². The van der Waals surface area contributed by atoms with Gasteiger partial charge in [0, 0.05) is 6.04 Å². The first-order valence-electron chi connectivity index (χ1n) is 5.56. The molecule has 3 N–H and O–H groups in total. The van der Waals surface area contributed by atoms with Crippen LogP contribution in [-0.4, -0.2) is 6.04 Å². The lowest BCUT2D eigenvalue weighted by Crippen LogP contribution is -2.45. The van der Waals surface area contributed by atoms with Crippen molar-refractivity contribution < 1.29 is 0 Å². The molecule has 0 saturated heterocycles. The summed E-state index contributed by atoms with van der Waals surface area (Å²) in [6.07, 6.45) is 6.68. The van der Waals surface area contributed by atoms with Crippen LogP contribution in [0.5, 0.6) is 0 Å². The van der Waals surface area contributed by atoms with E-state index >= 15 is 0 Å². The van der Waals surface area contributed by atoms with Gasteiger partial charge >= 0.3 is 0 Å². The maximum Gasteiger partial charge on any atom is 0.0261 e. The minimum absolute atomic E-state index is 0.337. The van der Waals surface area contributed by atoms with E-state index in [4.69, 9.17) is 5.84 Å². The topological polar surface area (TPSA) is 38.0 Å². The lowest BCUT2D eigenvalue weighted by molar-refractivity contribution is 0.216. The van der Waals surface area contributed by atoms with Crippen molar-refractivity contribution in [2.24, 2.45) is 17.2 Å². The molecule has 0 radical (unpaired) electrons. The predicted molar refractivity (Wildman–Crippen MR) is 57.1 cm³/mol. The van der Waals surface area contributed by atoms with Crippen LogP contribution in [0.15, 0.2) is 0 Å². The van der Waals surface area contributed by atoms with E-state index in [0.717, 1.165) is 5.92 Å². The predicted octanol–water partition coefficient (Wildman–Crippen LogP) is 2.44. The second-order valence-corrected chi connectivity index (χ2v) is 5.08. The maximum atomic E-state index is 5.59. The summed E-state index contributed by atoms with van der Waals surface area (Å²) in [7, 11) is 0. The number of hydrogen-bond acceptors (Lipinski definition) is 2. The maximum absolute atomic E-state index is 5.59. The zero-order valence-corrected chi connectivity index (χ0v) is 9.27. The summed E-state index contributed by atoms with van der Waals surface area (Å²) in [5.41, 5.74) is 3.31. The van der Waals surface area contributed by atoms with Crippen molar-refractivity contribution in [1.29, 1.82) is 0 Å². The zero-order valence-electron chi connectivity index (χ0n) is 9.27. The van der Waals surface area contributed by atoms with Crippen LogP contribution in [0.3, 0.4) is 0 Å². The van der Waals surface area contributed by atoms with Gasteiger partial charge in [0.25, 0.3) is 0 Å². The average molecular weight is 184 g/mol. The molecule has 1 atom stereocenters. The second-order valence-electron chi connectivity index (χ2n) is 5.08. The Kier molecular flexibility index (Phi) is 3.74. The highest BCUT2D eigenvalue weighted by Crippen LogP contribution is 2.36. The molecule has 13 heavy (non-hydrogen) atoms. The van der Waals surface area contributed by atoms with Gasteiger partial charge in [0.2, 0.25) is 0 Å². The average Bonchev–Trinajstić information content (AvgIpc) is 2.89. The molecule has 1 aliphatic rings. The molecule has 0 aromatic heterocycles. The summed E-state index contributed by atoms with van der Waals surface area (Å²) < 4.78 is 0. The Morgan fingerprint density at radius 3 is 2.46 bits per heavy atom. The molecule has 78 valence electrons. The molecule has 1 unspecified atom stereocenters. The van der Waals surface area contributed by atoms with Gasteiger partial charge in [-0.3, -0.25) is 11.3 Å². The van der Waals surface area contributed by atoms with E-state index in [-0.39, 0.29) is 0 Å². The van der Waals surface area contributed by atoms with Crippen molar-refractivity contribution in [2.75, 3.05) is 0 Å². The van der Waals surface area contributed by atoms with Gasteiger partial charge in [0.1, 0.15) is 0 Å². The molecule has 0 spiro atoms. The number of nitrogens with two attached hydrogens (primary N) is 1. The van der Waals surface area contributed by atoms with E-state index in [1.165, 1.54) is 32.1 Å². The smallest absolute Gasteiger partial charge is 0.0261 e. The van der Waals surface area contributed by atoms with Crippen LogP contribution in [0.1, 0.15) is 52.9 Å². The van der Waals surface area contributed by atoms with E-state index in [1.54, 1.807) is 0 Å². The highest BCUT2D eigenvalue weighted by molar-refractivity contribution is 4.84. The summed E-state index contributed by atoms with van der Waals surface area (Å²) in [6.45, 7) is 6.83. The molecule has 0 aliphatic heterocycles. The van der Waals surface area contributed by atoms with Gasteiger partial charge in [-0.2, -0.15) is 0 Å². The minimum atomic E-state index is 0.337. The van der Waals surface area contributed by atoms with E-state index < -0.39 is 0 Å². The van der Waals surface area contributed by atoms with Crippen molar-refractivity contribution in [3.05, 3.63) is 0 Å². The summed E-state index contributed by atoms with van der Waals surface area (Å²) in [4.78, 5) is 0. The molecule has 0 heterocycles. The summed E-state index contributed by atoms with van der Waals surface area (Å²) >= 11 is 0. The molecule has 1 aliphatic carbocycles. The van der Waals surface area contributed by atoms with E-state index in [2.05, 4.69) is 26.2 Å². The molecule has 1 fully saturated rings. The molecule has 0 aromatic rings. The van der Waals surface area contributed by atoms with Gasteiger partial charge < -0.3 is 0 Å². The minimum Gasteiger partial charge on any atom is -0.271 e. The van der Waals surface area contributed by atoms with E-state index in [9.17, 15) is 0 Å². The van der Waals surface area contributed by atoms with Crippen LogP contribution < -0.4 is 11.3 Å². The number of hydrazine groups is 1. The molecular weight excluding hydrogens is 160 g/mol. The Morgan fingerprint density at radius 2 is 2.08 bits per heavy atom. The lowest BCUT2D eigenvalue weighted by Gasteiger charge is -2.33. The molecule has 1 rings (SSSR count). The first kappa shape index (κ1) is 11.0. The Bertz CT molecular complexity index is 150. The van der Waals surface area contributed by atoms with Crippen molar-refractivity contribution in [3.8, 4) is 0 Å². The van der Waals surface area contributed by atoms with Crippen LogP contribution >= 0.6 is 0 Å². The molecule has 0 amide bonds. The van der Waals surface area contributed by atoms with Gasteiger partial charge in [-0.25, -0.2) is 0 Å². The normalized spacial score (nSPS) is 20.3. The molecule has 0 aromatic carbocycles. The fraction of sp³-hybridized carbons (Fsp3) is 1.00. The monoisotopic (exact) mass is 184 g/mol. The summed E-state index contributed by atoms with van der Waals surface area (Å²) in [6, 6.07) is 0.484.